The van der Waals surface area contributed by atoms with E-state index in [0.717, 1.165) is 5.57 Å². The summed E-state index contributed by atoms with van der Waals surface area (Å²) in [7, 11) is 0. The van der Waals surface area contributed by atoms with Gasteiger partial charge in [0.25, 0.3) is 0 Å². The number of esters is 1. The third-order valence-electron chi connectivity index (χ3n) is 21.9. The molecular formula is C57H90O25. The molecule has 14 N–H and O–H groups in total. The van der Waals surface area contributed by atoms with Gasteiger partial charge < -0.3 is 114 Å². The summed E-state index contributed by atoms with van der Waals surface area (Å²) < 4.78 is 55.4. The number of aliphatic hydroxyl groups is 13. The minimum atomic E-state index is -2.16. The van der Waals surface area contributed by atoms with Gasteiger partial charge >= 0.3 is 11.9 Å². The SMILES string of the molecule is C/C=C(/C)C(=O)O[C@H]1CC(C)(C)CC2C3=CCC4[C@@]5(C)CC[C@H](O[C@@H]6O[C@H](C(=O)O)[C@@H](O[C@@H]7O[C@@H](CO)[C@H](O)[C@H]7O)[C@H](O[C@H]7OC[C@@H](O)[C@@H](O)[C@@H]7O)[C@H]6O[C@H]6O[C@@H](CO)[C@H](O)[C@@H](O)[C@@H]6O)C(C)(C)C5CC[C@@]4(C)[C@]3(C)[C@@H](O)[C@@H](O)[C@]21CO. The average molecular weight is 1180 g/mol. The molecule has 0 bridgehead atoms. The molecule has 0 spiro atoms. The van der Waals surface area contributed by atoms with E-state index in [-0.39, 0.29) is 11.8 Å². The second-order valence-electron chi connectivity index (χ2n) is 27.0. The number of carbonyl (C=O) groups is 2. The molecule has 5 aliphatic carbocycles. The van der Waals surface area contributed by atoms with Crippen molar-refractivity contribution in [1.82, 2.24) is 0 Å². The van der Waals surface area contributed by atoms with Gasteiger partial charge in [-0.3, -0.25) is 0 Å². The molecule has 0 amide bonds. The van der Waals surface area contributed by atoms with Crippen LogP contribution in [-0.4, -0.2) is 245 Å². The quantitative estimate of drug-likeness (QED) is 0.0396. The van der Waals surface area contributed by atoms with E-state index in [1.54, 1.807) is 19.9 Å². The van der Waals surface area contributed by atoms with Crippen LogP contribution in [0.3, 0.4) is 0 Å². The van der Waals surface area contributed by atoms with Crippen LogP contribution in [0, 0.1) is 50.2 Å². The highest BCUT2D eigenvalue weighted by Crippen LogP contribution is 2.76. The molecule has 0 aromatic heterocycles. The first-order chi connectivity index (χ1) is 38.3. The number of fused-ring (bicyclic) bond motifs is 7. The van der Waals surface area contributed by atoms with Gasteiger partial charge in [0.2, 0.25) is 0 Å². The molecule has 9 rings (SSSR count). The van der Waals surface area contributed by atoms with Gasteiger partial charge in [-0.05, 0) is 98.2 Å². The monoisotopic (exact) mass is 1170 g/mol. The molecule has 4 saturated heterocycles. The molecular weight excluding hydrogens is 1080 g/mol. The van der Waals surface area contributed by atoms with Crippen LogP contribution in [0.25, 0.3) is 0 Å². The molecule has 4 heterocycles. The number of hydrogen-bond acceptors (Lipinski definition) is 24. The van der Waals surface area contributed by atoms with Crippen molar-refractivity contribution in [1.29, 1.82) is 0 Å². The van der Waals surface area contributed by atoms with Crippen LogP contribution in [0.15, 0.2) is 23.3 Å². The van der Waals surface area contributed by atoms with Gasteiger partial charge in [0.1, 0.15) is 85.5 Å². The molecule has 9 aliphatic rings. The lowest BCUT2D eigenvalue weighted by Gasteiger charge is -2.73. The van der Waals surface area contributed by atoms with Crippen LogP contribution < -0.4 is 0 Å². The fourth-order valence-electron chi connectivity index (χ4n) is 16.9. The van der Waals surface area contributed by atoms with Crippen molar-refractivity contribution in [2.75, 3.05) is 26.4 Å². The Morgan fingerprint density at radius 3 is 1.83 bits per heavy atom. The topological polar surface area (TPSA) is 400 Å². The van der Waals surface area contributed by atoms with Crippen molar-refractivity contribution in [3.63, 3.8) is 0 Å². The Hall–Kier alpha value is -2.42. The number of aliphatic hydroxyl groups excluding tert-OH is 13. The number of carboxylic acids is 1. The highest BCUT2D eigenvalue weighted by atomic mass is 16.8. The number of allylic oxidation sites excluding steroid dienone is 2. The van der Waals surface area contributed by atoms with Crippen molar-refractivity contribution in [3.05, 3.63) is 23.3 Å². The average Bonchev–Trinajstić information content (AvgIpc) is 0.852. The molecule has 25 nitrogen and oxygen atoms in total. The molecule has 29 atom stereocenters. The molecule has 4 aliphatic heterocycles. The normalized spacial score (nSPS) is 51.9. The van der Waals surface area contributed by atoms with Crippen LogP contribution in [0.1, 0.15) is 107 Å². The number of aliphatic carboxylic acids is 1. The van der Waals surface area contributed by atoms with Crippen LogP contribution >= 0.6 is 0 Å². The van der Waals surface area contributed by atoms with Gasteiger partial charge in [-0.1, -0.05) is 66.2 Å². The Morgan fingerprint density at radius 2 is 1.23 bits per heavy atom. The lowest BCUT2D eigenvalue weighted by atomic mass is 9.32. The first-order valence-electron chi connectivity index (χ1n) is 28.9. The van der Waals surface area contributed by atoms with Gasteiger partial charge in [0, 0.05) is 11.0 Å². The molecule has 82 heavy (non-hydrogen) atoms. The zero-order chi connectivity index (χ0) is 60.3. The molecule has 3 unspecified atom stereocenters. The molecule has 8 fully saturated rings. The van der Waals surface area contributed by atoms with Crippen molar-refractivity contribution in [3.8, 4) is 0 Å². The van der Waals surface area contributed by atoms with Crippen molar-refractivity contribution >= 4 is 11.9 Å². The number of ether oxygens (including phenoxy) is 9. The first-order valence-corrected chi connectivity index (χ1v) is 28.9. The van der Waals surface area contributed by atoms with Crippen LogP contribution in [-0.2, 0) is 52.2 Å². The van der Waals surface area contributed by atoms with Crippen molar-refractivity contribution in [2.45, 2.75) is 242 Å². The van der Waals surface area contributed by atoms with Crippen LogP contribution in [0.2, 0.25) is 0 Å². The fraction of sp³-hybridized carbons (Fsp3) is 0.895. The zero-order valence-corrected chi connectivity index (χ0v) is 48.1. The predicted octanol–water partition coefficient (Wildman–Crippen LogP) is -1.76. The fourth-order valence-corrected chi connectivity index (χ4v) is 16.9. The van der Waals surface area contributed by atoms with Gasteiger partial charge in [0.15, 0.2) is 31.3 Å². The largest absolute Gasteiger partial charge is 0.479 e. The number of carbonyl (C=O) groups excluding carboxylic acids is 1. The Labute approximate surface area is 476 Å². The molecule has 0 aromatic rings. The minimum Gasteiger partial charge on any atom is -0.479 e. The maximum atomic E-state index is 13.6. The van der Waals surface area contributed by atoms with Crippen molar-refractivity contribution in [2.24, 2.45) is 50.2 Å². The summed E-state index contributed by atoms with van der Waals surface area (Å²) in [5, 5.41) is 155. The molecule has 0 radical (unpaired) electrons. The van der Waals surface area contributed by atoms with Crippen LogP contribution in [0.4, 0.5) is 0 Å². The van der Waals surface area contributed by atoms with E-state index in [1.807, 2.05) is 20.8 Å². The zero-order valence-electron chi connectivity index (χ0n) is 48.1. The van der Waals surface area contributed by atoms with Gasteiger partial charge in [-0.2, -0.15) is 0 Å². The van der Waals surface area contributed by atoms with E-state index < -0.39 is 212 Å². The molecule has 468 valence electrons. The Morgan fingerprint density at radius 1 is 0.646 bits per heavy atom. The third kappa shape index (κ3) is 10.2. The Bertz CT molecular complexity index is 2370. The first kappa shape index (κ1) is 64.1. The summed E-state index contributed by atoms with van der Waals surface area (Å²) in [6, 6.07) is 0. The predicted molar refractivity (Wildman–Crippen MR) is 279 cm³/mol. The maximum Gasteiger partial charge on any atom is 0.335 e. The summed E-state index contributed by atoms with van der Waals surface area (Å²) in [6.07, 6.45) is -31.1. The maximum absolute atomic E-state index is 13.6. The number of rotatable bonds is 14. The molecule has 25 heteroatoms. The molecule has 4 saturated carbocycles. The lowest BCUT2D eigenvalue weighted by molar-refractivity contribution is -0.401. The lowest BCUT2D eigenvalue weighted by Crippen LogP contribution is -2.74. The van der Waals surface area contributed by atoms with Gasteiger partial charge in [0.05, 0.1) is 50.2 Å². The Kier molecular flexibility index (Phi) is 18.2. The summed E-state index contributed by atoms with van der Waals surface area (Å²) in [4.78, 5) is 27.0. The second-order valence-corrected chi connectivity index (χ2v) is 27.0. The summed E-state index contributed by atoms with van der Waals surface area (Å²) in [6.45, 7) is 15.2. The van der Waals surface area contributed by atoms with E-state index in [1.165, 1.54) is 0 Å². The second kappa shape index (κ2) is 23.3. The Balaban J connectivity index is 1.07. The van der Waals surface area contributed by atoms with Crippen molar-refractivity contribution < 1.29 is 124 Å². The summed E-state index contributed by atoms with van der Waals surface area (Å²) >= 11 is 0. The summed E-state index contributed by atoms with van der Waals surface area (Å²) in [5.41, 5.74) is -3.52. The molecule has 0 aromatic carbocycles. The third-order valence-corrected chi connectivity index (χ3v) is 21.9. The van der Waals surface area contributed by atoms with E-state index in [2.05, 4.69) is 33.8 Å². The smallest absolute Gasteiger partial charge is 0.335 e. The standard InChI is InChI=1S/C57H90O25/c1-10-23(2)47(73)77-32-18-52(3,4)17-25-24-11-12-30-54(7)15-14-31(53(5,6)29(54)13-16-55(30,8)56(24,9)44(69)45(70)57(25,32)22-60)78-51-43(82-50-39(68)36(65)34(63)27(19-58)75-50)41(79-48-37(66)33(62)26(61)21-74-48)40(42(81-51)46(71)72)80-49-38(67)35(64)28(20-59)76-49/h10-11,25-45,48-51,58-70H,12-22H2,1-9H3,(H,71,72)/b23-10-/t25?,26-,27+,28+,29?,30?,31+,32+,33-,34+,35+,36-,37+,38-,39+,40+,41+,42+,43-,44+,45-,48-,49+,50-,51-,54+,55-,56+,57-/m1/s1. The van der Waals surface area contributed by atoms with E-state index in [0.29, 0.717) is 50.5 Å². The summed E-state index contributed by atoms with van der Waals surface area (Å²) in [5.74, 6) is -3.01. The number of carboxylic acid groups (broad SMARTS) is 1. The van der Waals surface area contributed by atoms with Gasteiger partial charge in [-0.25, -0.2) is 9.59 Å². The van der Waals surface area contributed by atoms with Gasteiger partial charge in [-0.15, -0.1) is 0 Å². The highest BCUT2D eigenvalue weighted by Gasteiger charge is 2.75. The number of hydrogen-bond donors (Lipinski definition) is 14. The van der Waals surface area contributed by atoms with Crippen LogP contribution in [0.5, 0.6) is 0 Å². The van der Waals surface area contributed by atoms with E-state index in [4.69, 9.17) is 42.6 Å². The van der Waals surface area contributed by atoms with E-state index >= 15 is 0 Å². The highest BCUT2D eigenvalue weighted by molar-refractivity contribution is 5.87. The van der Waals surface area contributed by atoms with E-state index in [9.17, 15) is 81.1 Å². The minimum absolute atomic E-state index is 0.119.